The lowest BCUT2D eigenvalue weighted by atomic mass is 10.0. The summed E-state index contributed by atoms with van der Waals surface area (Å²) in [6.07, 6.45) is 35.1. The van der Waals surface area contributed by atoms with Crippen LogP contribution in [0.5, 0.6) is 0 Å². The number of rotatable bonds is 39. The molecule has 0 aliphatic heterocycles. The van der Waals surface area contributed by atoms with E-state index in [1.54, 1.807) is 0 Å². The quantitative estimate of drug-likeness (QED) is 0.0292. The van der Waals surface area contributed by atoms with Gasteiger partial charge in [-0.05, 0) is 12.8 Å². The number of phosphoric ester groups is 1. The first-order chi connectivity index (χ1) is 23.6. The number of unbranched alkanes of at least 4 members (excludes halogenated alkanes) is 25. The largest absolute Gasteiger partial charge is 0.472 e. The predicted octanol–water partition coefficient (Wildman–Crippen LogP) is 11.7. The molecule has 294 valence electrons. The fourth-order valence-electron chi connectivity index (χ4n) is 5.91. The number of carbonyl (C=O) groups excluding carboxylic acids is 1. The average molecular weight is 721 g/mol. The van der Waals surface area contributed by atoms with Crippen molar-refractivity contribution >= 4 is 13.8 Å². The van der Waals surface area contributed by atoms with Gasteiger partial charge in [0, 0.05) is 13.0 Å². The normalized spacial score (nSPS) is 13.8. The van der Waals surface area contributed by atoms with Gasteiger partial charge in [0.1, 0.15) is 19.3 Å². The average Bonchev–Trinajstić information content (AvgIpc) is 3.04. The van der Waals surface area contributed by atoms with E-state index in [9.17, 15) is 14.3 Å². The van der Waals surface area contributed by atoms with Gasteiger partial charge in [-0.2, -0.15) is 0 Å². The number of hydrogen-bond acceptors (Lipinski definition) is 6. The standard InChI is InChI=1S/C40H82NO7P/c1-6-8-10-11-12-13-14-15-16-17-18-19-20-21-22-23-24-25-26-27-28-29-30-32-35-45-37-39(48-40(42)33-31-9-7-2)38-47-49(43,44)46-36-34-41(3,4)5/h39H,6-38H2,1-5H3/p+1. The van der Waals surface area contributed by atoms with Gasteiger partial charge in [0.05, 0.1) is 34.4 Å². The van der Waals surface area contributed by atoms with E-state index in [-0.39, 0.29) is 25.8 Å². The summed E-state index contributed by atoms with van der Waals surface area (Å²) in [6.45, 7) is 5.49. The number of ether oxygens (including phenoxy) is 2. The first kappa shape index (κ1) is 48.5. The van der Waals surface area contributed by atoms with Crippen molar-refractivity contribution in [2.75, 3.05) is 54.1 Å². The van der Waals surface area contributed by atoms with E-state index in [1.807, 2.05) is 21.1 Å². The number of carbonyl (C=O) groups is 1. The fraction of sp³-hybridized carbons (Fsp3) is 0.975. The van der Waals surface area contributed by atoms with Crippen LogP contribution in [0.1, 0.15) is 194 Å². The molecule has 0 amide bonds. The van der Waals surface area contributed by atoms with Crippen LogP contribution >= 0.6 is 7.82 Å². The summed E-state index contributed by atoms with van der Waals surface area (Å²) in [4.78, 5) is 22.3. The van der Waals surface area contributed by atoms with E-state index >= 15 is 0 Å². The van der Waals surface area contributed by atoms with Gasteiger partial charge in [0.15, 0.2) is 0 Å². The topological polar surface area (TPSA) is 91.3 Å². The third kappa shape index (κ3) is 38.6. The first-order valence-electron chi connectivity index (χ1n) is 20.8. The highest BCUT2D eigenvalue weighted by atomic mass is 31.2. The Bertz CT molecular complexity index is 761. The molecule has 2 unspecified atom stereocenters. The lowest BCUT2D eigenvalue weighted by molar-refractivity contribution is -0.870. The molecule has 0 aliphatic rings. The summed E-state index contributed by atoms with van der Waals surface area (Å²) in [6, 6.07) is 0. The van der Waals surface area contributed by atoms with Crippen LogP contribution in [0.4, 0.5) is 0 Å². The maximum absolute atomic E-state index is 12.3. The molecule has 0 spiro atoms. The number of esters is 1. The van der Waals surface area contributed by atoms with Gasteiger partial charge >= 0.3 is 13.8 Å². The van der Waals surface area contributed by atoms with Gasteiger partial charge in [-0.15, -0.1) is 0 Å². The van der Waals surface area contributed by atoms with Crippen LogP contribution in [0.25, 0.3) is 0 Å². The lowest BCUT2D eigenvalue weighted by Crippen LogP contribution is -2.37. The third-order valence-electron chi connectivity index (χ3n) is 9.17. The van der Waals surface area contributed by atoms with Crippen LogP contribution in [0, 0.1) is 0 Å². The van der Waals surface area contributed by atoms with Crippen molar-refractivity contribution in [1.29, 1.82) is 0 Å². The molecular formula is C40H83NO7P+. The SMILES string of the molecule is CCCCCCCCCCCCCCCCCCCCCCCCCCOCC(COP(=O)(O)OCC[N+](C)(C)C)OC(=O)CCCCC. The number of hydrogen-bond donors (Lipinski definition) is 1. The molecule has 0 fully saturated rings. The van der Waals surface area contributed by atoms with Crippen molar-refractivity contribution in [3.8, 4) is 0 Å². The molecule has 0 aromatic heterocycles. The zero-order valence-corrected chi connectivity index (χ0v) is 34.1. The molecule has 0 heterocycles. The molecule has 0 bridgehead atoms. The fourth-order valence-corrected chi connectivity index (χ4v) is 6.65. The summed E-state index contributed by atoms with van der Waals surface area (Å²) < 4.78 is 34.5. The van der Waals surface area contributed by atoms with Crippen LogP contribution in [0.3, 0.4) is 0 Å². The molecule has 0 saturated heterocycles. The summed E-state index contributed by atoms with van der Waals surface area (Å²) in [5.41, 5.74) is 0. The molecule has 8 nitrogen and oxygen atoms in total. The zero-order valence-electron chi connectivity index (χ0n) is 33.2. The molecule has 1 N–H and O–H groups in total. The Labute approximate surface area is 304 Å². The number of quaternary nitrogens is 1. The van der Waals surface area contributed by atoms with Gasteiger partial charge in [0.25, 0.3) is 0 Å². The highest BCUT2D eigenvalue weighted by Crippen LogP contribution is 2.43. The van der Waals surface area contributed by atoms with Crippen molar-refractivity contribution in [2.24, 2.45) is 0 Å². The minimum atomic E-state index is -4.24. The van der Waals surface area contributed by atoms with E-state index in [2.05, 4.69) is 13.8 Å². The molecule has 0 aromatic carbocycles. The molecule has 0 radical (unpaired) electrons. The molecule has 0 aromatic rings. The molecule has 0 saturated carbocycles. The van der Waals surface area contributed by atoms with E-state index in [0.717, 1.165) is 32.1 Å². The van der Waals surface area contributed by atoms with Gasteiger partial charge in [0.2, 0.25) is 0 Å². The maximum atomic E-state index is 12.3. The monoisotopic (exact) mass is 721 g/mol. The van der Waals surface area contributed by atoms with Crippen molar-refractivity contribution in [2.45, 2.75) is 200 Å². The lowest BCUT2D eigenvalue weighted by Gasteiger charge is -2.24. The highest BCUT2D eigenvalue weighted by molar-refractivity contribution is 7.47. The van der Waals surface area contributed by atoms with Gasteiger partial charge in [-0.25, -0.2) is 4.57 Å². The minimum absolute atomic E-state index is 0.0921. The summed E-state index contributed by atoms with van der Waals surface area (Å²) in [5.74, 6) is -0.334. The Balaban J connectivity index is 3.76. The first-order valence-corrected chi connectivity index (χ1v) is 22.3. The number of phosphoric acid groups is 1. The van der Waals surface area contributed by atoms with Gasteiger partial charge in [-0.3, -0.25) is 13.8 Å². The highest BCUT2D eigenvalue weighted by Gasteiger charge is 2.26. The van der Waals surface area contributed by atoms with E-state index in [1.165, 1.54) is 141 Å². The summed E-state index contributed by atoms with van der Waals surface area (Å²) in [5, 5.41) is 0. The molecule has 49 heavy (non-hydrogen) atoms. The Morgan fingerprint density at radius 3 is 1.35 bits per heavy atom. The number of nitrogens with zero attached hydrogens (tertiary/aromatic N) is 1. The molecule has 0 aliphatic carbocycles. The van der Waals surface area contributed by atoms with Crippen molar-refractivity contribution in [3.05, 3.63) is 0 Å². The Morgan fingerprint density at radius 1 is 0.551 bits per heavy atom. The minimum Gasteiger partial charge on any atom is -0.457 e. The van der Waals surface area contributed by atoms with Crippen molar-refractivity contribution < 1.29 is 37.3 Å². The summed E-state index contributed by atoms with van der Waals surface area (Å²) >= 11 is 0. The molecular weight excluding hydrogens is 637 g/mol. The second-order valence-electron chi connectivity index (χ2n) is 15.4. The maximum Gasteiger partial charge on any atom is 0.472 e. The van der Waals surface area contributed by atoms with Crippen molar-refractivity contribution in [3.63, 3.8) is 0 Å². The van der Waals surface area contributed by atoms with Crippen LogP contribution < -0.4 is 0 Å². The van der Waals surface area contributed by atoms with Crippen LogP contribution in [-0.4, -0.2) is 75.6 Å². The third-order valence-corrected chi connectivity index (χ3v) is 10.2. The Kier molecular flexibility index (Phi) is 34.2. The predicted molar refractivity (Wildman–Crippen MR) is 206 cm³/mol. The second-order valence-corrected chi connectivity index (χ2v) is 16.8. The van der Waals surface area contributed by atoms with Crippen molar-refractivity contribution in [1.82, 2.24) is 0 Å². The molecule has 2 atom stereocenters. The Morgan fingerprint density at radius 2 is 0.939 bits per heavy atom. The zero-order chi connectivity index (χ0) is 36.3. The summed E-state index contributed by atoms with van der Waals surface area (Å²) in [7, 11) is 1.68. The van der Waals surface area contributed by atoms with E-state index < -0.39 is 13.9 Å². The van der Waals surface area contributed by atoms with Crippen LogP contribution in [0.2, 0.25) is 0 Å². The van der Waals surface area contributed by atoms with Crippen LogP contribution in [-0.2, 0) is 27.9 Å². The van der Waals surface area contributed by atoms with E-state index in [4.69, 9.17) is 18.5 Å². The molecule has 9 heteroatoms. The smallest absolute Gasteiger partial charge is 0.457 e. The number of likely N-dealkylation sites (N-methyl/N-ethyl adjacent to an activating group) is 1. The van der Waals surface area contributed by atoms with E-state index in [0.29, 0.717) is 24.1 Å². The van der Waals surface area contributed by atoms with Gasteiger partial charge in [-0.1, -0.05) is 174 Å². The van der Waals surface area contributed by atoms with Gasteiger partial charge < -0.3 is 18.9 Å². The second kappa shape index (κ2) is 34.6. The Hall–Kier alpha value is -0.500. The van der Waals surface area contributed by atoms with Crippen LogP contribution in [0.15, 0.2) is 0 Å². The molecule has 0 rings (SSSR count).